The lowest BCUT2D eigenvalue weighted by Crippen LogP contribution is -2.28. The Bertz CT molecular complexity index is 1140. The van der Waals surface area contributed by atoms with Gasteiger partial charge < -0.3 is 20.1 Å². The molecule has 1 aliphatic rings. The van der Waals surface area contributed by atoms with E-state index >= 15 is 0 Å². The Balaban J connectivity index is 1.44. The molecular weight excluding hydrogens is 456 g/mol. The van der Waals surface area contributed by atoms with Crippen LogP contribution in [0.2, 0.25) is 0 Å². The summed E-state index contributed by atoms with van der Waals surface area (Å²) in [5.41, 5.74) is 2.11. The molecule has 180 valence electrons. The van der Waals surface area contributed by atoms with Gasteiger partial charge in [0.1, 0.15) is 17.4 Å². The number of amides is 2. The molecule has 0 saturated heterocycles. The molecular formula is C23H28N6O4S. The third-order valence-electron chi connectivity index (χ3n) is 5.61. The Morgan fingerprint density at radius 1 is 1.15 bits per heavy atom. The lowest BCUT2D eigenvalue weighted by atomic mass is 9.95. The van der Waals surface area contributed by atoms with Gasteiger partial charge in [-0.3, -0.25) is 9.59 Å². The van der Waals surface area contributed by atoms with Crippen molar-refractivity contribution in [3.63, 3.8) is 0 Å². The van der Waals surface area contributed by atoms with Crippen LogP contribution in [0, 0.1) is 0 Å². The van der Waals surface area contributed by atoms with Crippen molar-refractivity contribution in [3.8, 4) is 5.75 Å². The highest BCUT2D eigenvalue weighted by atomic mass is 32.1. The fraction of sp³-hybridized carbons (Fsp3) is 0.435. The molecule has 1 aliphatic carbocycles. The van der Waals surface area contributed by atoms with Crippen molar-refractivity contribution in [2.45, 2.75) is 45.8 Å². The van der Waals surface area contributed by atoms with E-state index in [2.05, 4.69) is 26.2 Å². The zero-order chi connectivity index (χ0) is 23.9. The second-order valence-corrected chi connectivity index (χ2v) is 8.95. The number of tetrazole rings is 1. The molecule has 2 heterocycles. The van der Waals surface area contributed by atoms with E-state index in [9.17, 15) is 9.59 Å². The van der Waals surface area contributed by atoms with Crippen LogP contribution in [0.15, 0.2) is 24.3 Å². The molecule has 0 unspecified atom stereocenters. The average Bonchev–Trinajstić information content (AvgIpc) is 3.46. The number of carbonyl (C=O) groups excluding carboxylic acids is 2. The zero-order valence-corrected chi connectivity index (χ0v) is 20.1. The minimum Gasteiger partial charge on any atom is -0.486 e. The summed E-state index contributed by atoms with van der Waals surface area (Å²) >= 11 is 1.50. The second-order valence-electron chi connectivity index (χ2n) is 7.84. The predicted molar refractivity (Wildman–Crippen MR) is 127 cm³/mol. The Hall–Kier alpha value is -3.31. The summed E-state index contributed by atoms with van der Waals surface area (Å²) in [5, 5.41) is 17.9. The molecule has 0 fully saturated rings. The predicted octanol–water partition coefficient (Wildman–Crippen LogP) is 2.84. The number of aromatic nitrogens is 4. The Labute approximate surface area is 201 Å². The van der Waals surface area contributed by atoms with E-state index in [1.165, 1.54) is 16.2 Å². The standard InChI is InChI=1S/C23H28N6O4S/c1-3-29-19(26-27-28-29)14-33-16-10-8-15(9-11-16)21(30)25-23-20(22(31)24-12-13-32-2)17-6-4-5-7-18(17)34-23/h8-11H,3-7,12-14H2,1-2H3,(H,24,31)(H,25,30). The number of methoxy groups -OCH3 is 1. The molecule has 0 spiro atoms. The van der Waals surface area contributed by atoms with E-state index in [4.69, 9.17) is 9.47 Å². The summed E-state index contributed by atoms with van der Waals surface area (Å²) in [7, 11) is 1.59. The molecule has 10 nitrogen and oxygen atoms in total. The smallest absolute Gasteiger partial charge is 0.256 e. The number of hydrogen-bond donors (Lipinski definition) is 2. The molecule has 2 amide bonds. The van der Waals surface area contributed by atoms with Gasteiger partial charge in [0.05, 0.1) is 12.2 Å². The van der Waals surface area contributed by atoms with Gasteiger partial charge in [-0.2, -0.15) is 0 Å². The highest BCUT2D eigenvalue weighted by Crippen LogP contribution is 2.38. The minimum absolute atomic E-state index is 0.176. The maximum Gasteiger partial charge on any atom is 0.256 e. The Morgan fingerprint density at radius 3 is 2.71 bits per heavy atom. The number of nitrogens with zero attached hydrogens (tertiary/aromatic N) is 4. The number of fused-ring (bicyclic) bond motifs is 1. The van der Waals surface area contributed by atoms with E-state index in [1.807, 2.05) is 6.92 Å². The maximum atomic E-state index is 13.0. The summed E-state index contributed by atoms with van der Waals surface area (Å²) in [6.45, 7) is 3.69. The average molecular weight is 485 g/mol. The molecule has 3 aromatic rings. The van der Waals surface area contributed by atoms with Gasteiger partial charge >= 0.3 is 0 Å². The molecule has 0 radical (unpaired) electrons. The minimum atomic E-state index is -0.272. The van der Waals surface area contributed by atoms with E-state index in [1.54, 1.807) is 36.1 Å². The van der Waals surface area contributed by atoms with Crippen molar-refractivity contribution >= 4 is 28.2 Å². The van der Waals surface area contributed by atoms with Crippen LogP contribution in [0.3, 0.4) is 0 Å². The van der Waals surface area contributed by atoms with Crippen molar-refractivity contribution in [2.24, 2.45) is 0 Å². The van der Waals surface area contributed by atoms with Gasteiger partial charge in [-0.05, 0) is 72.9 Å². The van der Waals surface area contributed by atoms with E-state index < -0.39 is 0 Å². The SMILES string of the molecule is CCn1nnnc1COc1ccc(C(=O)Nc2sc3c(c2C(=O)NCCOC)CCCC3)cc1. The largest absolute Gasteiger partial charge is 0.486 e. The summed E-state index contributed by atoms with van der Waals surface area (Å²) in [6, 6.07) is 6.85. The van der Waals surface area contributed by atoms with Gasteiger partial charge in [0.2, 0.25) is 0 Å². The number of aryl methyl sites for hydroxylation is 2. The van der Waals surface area contributed by atoms with Crippen LogP contribution in [0.25, 0.3) is 0 Å². The monoisotopic (exact) mass is 484 g/mol. The number of rotatable bonds is 10. The number of thiophene rings is 1. The summed E-state index contributed by atoms with van der Waals surface area (Å²) < 4.78 is 12.4. The summed E-state index contributed by atoms with van der Waals surface area (Å²) in [6.07, 6.45) is 3.92. The molecule has 0 saturated carbocycles. The topological polar surface area (TPSA) is 120 Å². The van der Waals surface area contributed by atoms with Crippen molar-refractivity contribution in [2.75, 3.05) is 25.6 Å². The molecule has 0 bridgehead atoms. The number of ether oxygens (including phenoxy) is 2. The van der Waals surface area contributed by atoms with Gasteiger partial charge in [0.15, 0.2) is 5.82 Å². The fourth-order valence-electron chi connectivity index (χ4n) is 3.85. The number of nitrogens with one attached hydrogen (secondary N) is 2. The first-order valence-electron chi connectivity index (χ1n) is 11.3. The van der Waals surface area contributed by atoms with Crippen molar-refractivity contribution in [3.05, 3.63) is 51.7 Å². The number of hydrogen-bond acceptors (Lipinski definition) is 8. The first-order valence-corrected chi connectivity index (χ1v) is 12.1. The summed E-state index contributed by atoms with van der Waals surface area (Å²) in [4.78, 5) is 27.1. The first-order chi connectivity index (χ1) is 16.6. The van der Waals surface area contributed by atoms with Crippen LogP contribution in [0.4, 0.5) is 5.00 Å². The van der Waals surface area contributed by atoms with Gasteiger partial charge in [0, 0.05) is 30.6 Å². The number of carbonyl (C=O) groups is 2. The molecule has 0 aliphatic heterocycles. The first kappa shape index (κ1) is 23.8. The van der Waals surface area contributed by atoms with Crippen molar-refractivity contribution in [1.29, 1.82) is 0 Å². The van der Waals surface area contributed by atoms with Crippen LogP contribution >= 0.6 is 11.3 Å². The molecule has 4 rings (SSSR count). The molecule has 2 aromatic heterocycles. The van der Waals surface area contributed by atoms with Crippen LogP contribution in [0.1, 0.15) is 56.7 Å². The van der Waals surface area contributed by atoms with Crippen LogP contribution in [-0.4, -0.2) is 52.3 Å². The van der Waals surface area contributed by atoms with E-state index in [0.717, 1.165) is 31.2 Å². The quantitative estimate of drug-likeness (QED) is 0.425. The second kappa shape index (κ2) is 11.2. The molecule has 1 aromatic carbocycles. The van der Waals surface area contributed by atoms with Crippen molar-refractivity contribution in [1.82, 2.24) is 25.5 Å². The zero-order valence-electron chi connectivity index (χ0n) is 19.3. The van der Waals surface area contributed by atoms with E-state index in [0.29, 0.717) is 47.4 Å². The van der Waals surface area contributed by atoms with Crippen LogP contribution in [0.5, 0.6) is 5.75 Å². The fourth-order valence-corrected chi connectivity index (χ4v) is 5.13. The maximum absolute atomic E-state index is 13.0. The van der Waals surface area contributed by atoms with Gasteiger partial charge in [-0.15, -0.1) is 16.4 Å². The highest BCUT2D eigenvalue weighted by molar-refractivity contribution is 7.17. The highest BCUT2D eigenvalue weighted by Gasteiger charge is 2.26. The third kappa shape index (κ3) is 5.42. The Kier molecular flexibility index (Phi) is 7.86. The van der Waals surface area contributed by atoms with E-state index in [-0.39, 0.29) is 18.4 Å². The Morgan fingerprint density at radius 2 is 1.94 bits per heavy atom. The number of benzene rings is 1. The van der Waals surface area contributed by atoms with Gasteiger partial charge in [0.25, 0.3) is 11.8 Å². The summed E-state index contributed by atoms with van der Waals surface area (Å²) in [5.74, 6) is 0.783. The lowest BCUT2D eigenvalue weighted by Gasteiger charge is -2.13. The normalized spacial score (nSPS) is 12.8. The van der Waals surface area contributed by atoms with Gasteiger partial charge in [-0.1, -0.05) is 0 Å². The van der Waals surface area contributed by atoms with Gasteiger partial charge in [-0.25, -0.2) is 4.68 Å². The molecule has 2 N–H and O–H groups in total. The lowest BCUT2D eigenvalue weighted by molar-refractivity contribution is 0.0937. The van der Waals surface area contributed by atoms with Crippen LogP contribution < -0.4 is 15.4 Å². The number of anilines is 1. The van der Waals surface area contributed by atoms with Crippen LogP contribution in [-0.2, 0) is 30.7 Å². The molecule has 34 heavy (non-hydrogen) atoms. The molecule has 0 atom stereocenters. The molecule has 11 heteroatoms. The van der Waals surface area contributed by atoms with Crippen molar-refractivity contribution < 1.29 is 19.1 Å². The third-order valence-corrected chi connectivity index (χ3v) is 6.81.